The van der Waals surface area contributed by atoms with Gasteiger partial charge in [-0.25, -0.2) is 0 Å². The van der Waals surface area contributed by atoms with Crippen molar-refractivity contribution < 1.29 is 19.1 Å². The molecule has 0 aromatic heterocycles. The highest BCUT2D eigenvalue weighted by Gasteiger charge is 2.18. The maximum absolute atomic E-state index is 9.52. The van der Waals surface area contributed by atoms with Gasteiger partial charge >= 0.3 is 7.32 Å². The average Bonchev–Trinajstić information content (AvgIpc) is 2.30. The fourth-order valence-electron chi connectivity index (χ4n) is 1.25. The van der Waals surface area contributed by atoms with Crippen molar-refractivity contribution in [2.45, 2.75) is 20.8 Å². The third-order valence-corrected chi connectivity index (χ3v) is 2.60. The Bertz CT molecular complexity index is 364. The largest absolute Gasteiger partial charge is 0.710 e. The van der Waals surface area contributed by atoms with Gasteiger partial charge in [0.2, 0.25) is 0 Å². The molecule has 106 valence electrons. The molecule has 4 nitrogen and oxygen atoms in total. The summed E-state index contributed by atoms with van der Waals surface area (Å²) in [6, 6.07) is 7.14. The van der Waals surface area contributed by atoms with Crippen molar-refractivity contribution in [2.24, 2.45) is 5.41 Å². The van der Waals surface area contributed by atoms with E-state index in [4.69, 9.17) is 14.0 Å². The smallest absolute Gasteiger partial charge is 0.512 e. The molecule has 0 saturated heterocycles. The van der Waals surface area contributed by atoms with E-state index in [2.05, 4.69) is 36.7 Å². The van der Waals surface area contributed by atoms with Gasteiger partial charge in [0, 0.05) is 4.47 Å². The molecule has 0 aliphatic rings. The fraction of sp³-hybridized carbons (Fsp3) is 0.538. The van der Waals surface area contributed by atoms with Gasteiger partial charge in [-0.3, -0.25) is 0 Å². The monoisotopic (exact) mass is 330 g/mol. The summed E-state index contributed by atoms with van der Waals surface area (Å²) >= 11 is 3.32. The highest BCUT2D eigenvalue weighted by atomic mass is 79.9. The van der Waals surface area contributed by atoms with E-state index in [0.717, 1.165) is 4.47 Å². The van der Waals surface area contributed by atoms with Gasteiger partial charge in [-0.1, -0.05) is 36.7 Å². The minimum Gasteiger partial charge on any atom is -0.512 e. The Hall–Kier alpha value is -0.555. The molecule has 0 atom stereocenters. The van der Waals surface area contributed by atoms with Crippen LogP contribution in [0.4, 0.5) is 0 Å². The van der Waals surface area contributed by atoms with Crippen LogP contribution in [-0.2, 0) is 9.39 Å². The Morgan fingerprint density at radius 3 is 2.37 bits per heavy atom. The first-order valence-electron chi connectivity index (χ1n) is 6.16. The van der Waals surface area contributed by atoms with Crippen molar-refractivity contribution >= 4 is 23.3 Å². The third kappa shape index (κ3) is 8.26. The minimum absolute atomic E-state index is 0.131. The van der Waals surface area contributed by atoms with Gasteiger partial charge < -0.3 is 19.1 Å². The molecule has 0 radical (unpaired) electrons. The number of halogens is 1. The summed E-state index contributed by atoms with van der Waals surface area (Å²) in [6.07, 6.45) is 0. The standard InChI is InChI=1S/C13H20BBrO4/c1-13(2,3)10-17-8-9-18-14(16)19-12-6-4-11(15)5-7-12/h4-7,16H,8-10H2,1-3H3. The van der Waals surface area contributed by atoms with Crippen LogP contribution in [0.3, 0.4) is 0 Å². The molecule has 19 heavy (non-hydrogen) atoms. The Labute approximate surface area is 123 Å². The van der Waals surface area contributed by atoms with Crippen molar-refractivity contribution in [1.29, 1.82) is 0 Å². The number of rotatable bonds is 7. The highest BCUT2D eigenvalue weighted by Crippen LogP contribution is 2.16. The number of hydrogen-bond donors (Lipinski definition) is 1. The van der Waals surface area contributed by atoms with Crippen LogP contribution in [0.2, 0.25) is 0 Å². The second-order valence-corrected chi connectivity index (χ2v) is 6.28. The van der Waals surface area contributed by atoms with Crippen LogP contribution in [0, 0.1) is 5.41 Å². The first kappa shape index (κ1) is 16.5. The van der Waals surface area contributed by atoms with Crippen molar-refractivity contribution in [2.75, 3.05) is 19.8 Å². The van der Waals surface area contributed by atoms with E-state index < -0.39 is 7.32 Å². The molecule has 0 aliphatic carbocycles. The maximum Gasteiger partial charge on any atom is 0.710 e. The molecule has 6 heteroatoms. The molecule has 0 fully saturated rings. The fourth-order valence-corrected chi connectivity index (χ4v) is 1.51. The summed E-state index contributed by atoms with van der Waals surface area (Å²) in [5.41, 5.74) is 0.131. The highest BCUT2D eigenvalue weighted by molar-refractivity contribution is 9.10. The van der Waals surface area contributed by atoms with Crippen molar-refractivity contribution in [3.05, 3.63) is 28.7 Å². The molecule has 0 unspecified atom stereocenters. The van der Waals surface area contributed by atoms with Gasteiger partial charge in [0.15, 0.2) is 0 Å². The van der Waals surface area contributed by atoms with Gasteiger partial charge in [0.1, 0.15) is 5.75 Å². The van der Waals surface area contributed by atoms with E-state index in [0.29, 0.717) is 19.0 Å². The van der Waals surface area contributed by atoms with E-state index in [1.54, 1.807) is 12.1 Å². The van der Waals surface area contributed by atoms with Gasteiger partial charge in [-0.05, 0) is 29.7 Å². The Balaban J connectivity index is 2.14. The first-order chi connectivity index (χ1) is 8.87. The molecule has 0 spiro atoms. The predicted molar refractivity (Wildman–Crippen MR) is 79.0 cm³/mol. The van der Waals surface area contributed by atoms with Crippen LogP contribution in [-0.4, -0.2) is 32.2 Å². The van der Waals surface area contributed by atoms with E-state index in [9.17, 15) is 5.02 Å². The minimum atomic E-state index is -1.28. The lowest BCUT2D eigenvalue weighted by molar-refractivity contribution is 0.0417. The normalized spacial score (nSPS) is 11.4. The topological polar surface area (TPSA) is 47.9 Å². The molecule has 0 aliphatic heterocycles. The average molecular weight is 331 g/mol. The third-order valence-electron chi connectivity index (χ3n) is 2.07. The van der Waals surface area contributed by atoms with Crippen LogP contribution in [0.25, 0.3) is 0 Å². The lowest BCUT2D eigenvalue weighted by Gasteiger charge is -2.18. The Morgan fingerprint density at radius 1 is 1.16 bits per heavy atom. The van der Waals surface area contributed by atoms with Crippen molar-refractivity contribution in [3.63, 3.8) is 0 Å². The van der Waals surface area contributed by atoms with Crippen LogP contribution in [0.5, 0.6) is 5.75 Å². The first-order valence-corrected chi connectivity index (χ1v) is 6.96. The van der Waals surface area contributed by atoms with Crippen molar-refractivity contribution in [3.8, 4) is 5.75 Å². The maximum atomic E-state index is 9.52. The lowest BCUT2D eigenvalue weighted by atomic mass is 9.99. The van der Waals surface area contributed by atoms with Crippen LogP contribution in [0.15, 0.2) is 28.7 Å². The van der Waals surface area contributed by atoms with Gasteiger partial charge in [0.25, 0.3) is 0 Å². The van der Waals surface area contributed by atoms with Gasteiger partial charge in [-0.2, -0.15) is 0 Å². The van der Waals surface area contributed by atoms with Crippen LogP contribution < -0.4 is 4.65 Å². The van der Waals surface area contributed by atoms with E-state index in [-0.39, 0.29) is 12.0 Å². The molecule has 1 aromatic rings. The number of ether oxygens (including phenoxy) is 1. The molecule has 0 amide bonds. The molecule has 0 saturated carbocycles. The molecule has 1 N–H and O–H groups in total. The summed E-state index contributed by atoms with van der Waals surface area (Å²) in [5.74, 6) is 0.548. The quantitative estimate of drug-likeness (QED) is 0.617. The van der Waals surface area contributed by atoms with Gasteiger partial charge in [0.05, 0.1) is 19.8 Å². The summed E-state index contributed by atoms with van der Waals surface area (Å²) in [5, 5.41) is 9.52. The Morgan fingerprint density at radius 2 is 1.79 bits per heavy atom. The molecular formula is C13H20BBrO4. The molecular weight excluding hydrogens is 311 g/mol. The van der Waals surface area contributed by atoms with E-state index >= 15 is 0 Å². The zero-order valence-corrected chi connectivity index (χ0v) is 13.1. The predicted octanol–water partition coefficient (Wildman–Crippen LogP) is 2.88. The summed E-state index contributed by atoms with van der Waals surface area (Å²) in [7, 11) is -1.28. The molecule has 1 rings (SSSR count). The summed E-state index contributed by atoms with van der Waals surface area (Å²) in [6.45, 7) is 7.66. The SMILES string of the molecule is CC(C)(C)COCCOB(O)Oc1ccc(Br)cc1. The zero-order valence-electron chi connectivity index (χ0n) is 11.6. The van der Waals surface area contributed by atoms with E-state index in [1.807, 2.05) is 12.1 Å². The zero-order chi connectivity index (χ0) is 14.3. The molecule has 0 heterocycles. The second-order valence-electron chi connectivity index (χ2n) is 5.36. The molecule has 0 bridgehead atoms. The van der Waals surface area contributed by atoms with Gasteiger partial charge in [-0.15, -0.1) is 0 Å². The van der Waals surface area contributed by atoms with Crippen LogP contribution >= 0.6 is 15.9 Å². The number of benzene rings is 1. The Kier molecular flexibility index (Phi) is 6.86. The second kappa shape index (κ2) is 7.90. The summed E-state index contributed by atoms with van der Waals surface area (Å²) < 4.78 is 16.6. The van der Waals surface area contributed by atoms with Crippen LogP contribution in [0.1, 0.15) is 20.8 Å². The molecule has 1 aromatic carbocycles. The van der Waals surface area contributed by atoms with Crippen molar-refractivity contribution in [1.82, 2.24) is 0 Å². The number of hydrogen-bond acceptors (Lipinski definition) is 4. The lowest BCUT2D eigenvalue weighted by Crippen LogP contribution is -2.28. The van der Waals surface area contributed by atoms with E-state index in [1.165, 1.54) is 0 Å². The summed E-state index contributed by atoms with van der Waals surface area (Å²) in [4.78, 5) is 0.